The fourth-order valence-corrected chi connectivity index (χ4v) is 3.33. The van der Waals surface area contributed by atoms with Crippen LogP contribution in [0.4, 0.5) is 8.78 Å². The van der Waals surface area contributed by atoms with E-state index in [4.69, 9.17) is 0 Å². The Labute approximate surface area is 179 Å². The van der Waals surface area contributed by atoms with Crippen LogP contribution in [-0.4, -0.2) is 46.4 Å². The van der Waals surface area contributed by atoms with Crippen LogP contribution in [0.1, 0.15) is 31.4 Å². The molecule has 0 saturated heterocycles. The lowest BCUT2D eigenvalue weighted by Gasteiger charge is -2.31. The van der Waals surface area contributed by atoms with Crippen LogP contribution in [0.5, 0.6) is 0 Å². The van der Waals surface area contributed by atoms with Gasteiger partial charge in [-0.1, -0.05) is 37.3 Å². The molecule has 2 N–H and O–H groups in total. The second-order valence-electron chi connectivity index (χ2n) is 7.32. The van der Waals surface area contributed by atoms with Gasteiger partial charge < -0.3 is 15.3 Å². The van der Waals surface area contributed by atoms with Crippen LogP contribution in [0.25, 0.3) is 0 Å². The maximum absolute atomic E-state index is 13.3. The van der Waals surface area contributed by atoms with Crippen molar-refractivity contribution >= 4 is 17.8 Å². The number of aliphatic carboxylic acids is 1. The van der Waals surface area contributed by atoms with Gasteiger partial charge in [-0.25, -0.2) is 13.6 Å². The van der Waals surface area contributed by atoms with Crippen LogP contribution in [0.15, 0.2) is 48.5 Å². The van der Waals surface area contributed by atoms with Crippen LogP contribution < -0.4 is 5.32 Å². The molecule has 2 aromatic rings. The van der Waals surface area contributed by atoms with Crippen LogP contribution in [0, 0.1) is 11.6 Å². The number of carbonyl (C=O) groups excluding carboxylic acids is 2. The molecule has 0 aliphatic carbocycles. The third kappa shape index (κ3) is 7.16. The Kier molecular flexibility index (Phi) is 8.66. The minimum Gasteiger partial charge on any atom is -0.480 e. The second-order valence-corrected chi connectivity index (χ2v) is 7.32. The van der Waals surface area contributed by atoms with E-state index in [0.29, 0.717) is 12.5 Å². The Morgan fingerprint density at radius 2 is 1.65 bits per heavy atom. The highest BCUT2D eigenvalue weighted by molar-refractivity contribution is 5.90. The minimum atomic E-state index is -1.14. The van der Waals surface area contributed by atoms with E-state index < -0.39 is 41.5 Å². The molecule has 2 aromatic carbocycles. The number of benzene rings is 2. The van der Waals surface area contributed by atoms with Crippen molar-refractivity contribution in [3.63, 3.8) is 0 Å². The van der Waals surface area contributed by atoms with E-state index in [0.717, 1.165) is 17.7 Å². The van der Waals surface area contributed by atoms with Gasteiger partial charge in [-0.15, -0.1) is 0 Å². The zero-order valence-corrected chi connectivity index (χ0v) is 17.5. The fourth-order valence-electron chi connectivity index (χ4n) is 3.33. The molecule has 6 nitrogen and oxygen atoms in total. The van der Waals surface area contributed by atoms with Crippen molar-refractivity contribution < 1.29 is 28.3 Å². The molecule has 0 aromatic heterocycles. The first-order valence-corrected chi connectivity index (χ1v) is 10.0. The Balaban J connectivity index is 2.10. The largest absolute Gasteiger partial charge is 0.480 e. The zero-order valence-electron chi connectivity index (χ0n) is 17.5. The topological polar surface area (TPSA) is 86.7 Å². The highest BCUT2D eigenvalue weighted by Crippen LogP contribution is 2.13. The lowest BCUT2D eigenvalue weighted by atomic mass is 10.0. The van der Waals surface area contributed by atoms with Crippen molar-refractivity contribution in [3.05, 3.63) is 71.3 Å². The van der Waals surface area contributed by atoms with E-state index in [1.807, 2.05) is 13.0 Å². The number of nitrogens with zero attached hydrogens (tertiary/aromatic N) is 1. The monoisotopic (exact) mass is 432 g/mol. The summed E-state index contributed by atoms with van der Waals surface area (Å²) in [5.74, 6) is -3.88. The summed E-state index contributed by atoms with van der Waals surface area (Å²) in [4.78, 5) is 38.4. The first-order valence-electron chi connectivity index (χ1n) is 10.0. The number of hydrogen-bond donors (Lipinski definition) is 2. The van der Waals surface area contributed by atoms with Gasteiger partial charge in [0.2, 0.25) is 11.8 Å². The van der Waals surface area contributed by atoms with Crippen molar-refractivity contribution in [2.45, 2.75) is 45.2 Å². The molecule has 8 heteroatoms. The summed E-state index contributed by atoms with van der Waals surface area (Å²) in [6.07, 6.45) is 0.352. The summed E-state index contributed by atoms with van der Waals surface area (Å²) in [7, 11) is 0. The van der Waals surface area contributed by atoms with E-state index in [2.05, 4.69) is 5.32 Å². The molecular formula is C23H26F2N2O4. The van der Waals surface area contributed by atoms with Gasteiger partial charge in [0, 0.05) is 19.0 Å². The molecule has 166 valence electrons. The number of halogens is 2. The molecule has 0 aliphatic rings. The van der Waals surface area contributed by atoms with Crippen molar-refractivity contribution in [2.75, 3.05) is 6.54 Å². The lowest BCUT2D eigenvalue weighted by Crippen LogP contribution is -2.54. The minimum absolute atomic E-state index is 0.130. The quantitative estimate of drug-likeness (QED) is 0.604. The molecule has 0 fully saturated rings. The number of rotatable bonds is 10. The molecule has 2 amide bonds. The molecule has 0 heterocycles. The first kappa shape index (κ1) is 24.0. The van der Waals surface area contributed by atoms with E-state index in [-0.39, 0.29) is 24.9 Å². The van der Waals surface area contributed by atoms with Crippen molar-refractivity contribution in [3.8, 4) is 0 Å². The third-order valence-electron chi connectivity index (χ3n) is 4.72. The second kappa shape index (κ2) is 11.2. The number of nitrogens with one attached hydrogen (secondary N) is 1. The van der Waals surface area contributed by atoms with Crippen molar-refractivity contribution in [1.29, 1.82) is 0 Å². The van der Waals surface area contributed by atoms with Gasteiger partial charge in [0.05, 0.1) is 6.42 Å². The normalized spacial score (nSPS) is 12.6. The van der Waals surface area contributed by atoms with Gasteiger partial charge in [0.1, 0.15) is 23.7 Å². The molecular weight excluding hydrogens is 406 g/mol. The maximum Gasteiger partial charge on any atom is 0.326 e. The molecule has 2 atom stereocenters. The Bertz CT molecular complexity index is 901. The molecule has 0 saturated carbocycles. The average Bonchev–Trinajstić information content (AvgIpc) is 2.69. The SMILES string of the molecule is CCCN(C(=O)C(C)NC(=O)Cc1cc(F)cc(F)c1)C(Cc1ccccc1)C(=O)O. The van der Waals surface area contributed by atoms with Gasteiger partial charge in [0.15, 0.2) is 0 Å². The van der Waals surface area contributed by atoms with Gasteiger partial charge in [0.25, 0.3) is 0 Å². The van der Waals surface area contributed by atoms with Gasteiger partial charge in [-0.3, -0.25) is 9.59 Å². The van der Waals surface area contributed by atoms with Crippen LogP contribution in [-0.2, 0) is 27.2 Å². The number of amides is 2. The van der Waals surface area contributed by atoms with E-state index >= 15 is 0 Å². The van der Waals surface area contributed by atoms with Gasteiger partial charge in [-0.2, -0.15) is 0 Å². The van der Waals surface area contributed by atoms with Crippen LogP contribution in [0.2, 0.25) is 0 Å². The summed E-state index contributed by atoms with van der Waals surface area (Å²) < 4.78 is 26.6. The first-order chi connectivity index (χ1) is 14.7. The summed E-state index contributed by atoms with van der Waals surface area (Å²) in [5, 5.41) is 12.2. The number of hydrogen-bond acceptors (Lipinski definition) is 3. The van der Waals surface area contributed by atoms with Crippen molar-refractivity contribution in [2.24, 2.45) is 0 Å². The lowest BCUT2D eigenvalue weighted by molar-refractivity contribution is -0.151. The number of carboxylic acid groups (broad SMARTS) is 1. The highest BCUT2D eigenvalue weighted by Gasteiger charge is 2.32. The predicted molar refractivity (Wildman–Crippen MR) is 111 cm³/mol. The number of carbonyl (C=O) groups is 3. The van der Waals surface area contributed by atoms with Crippen LogP contribution in [0.3, 0.4) is 0 Å². The molecule has 31 heavy (non-hydrogen) atoms. The van der Waals surface area contributed by atoms with Crippen LogP contribution >= 0.6 is 0 Å². The highest BCUT2D eigenvalue weighted by atomic mass is 19.1. The standard InChI is InChI=1S/C23H26F2N2O4/c1-3-9-27(20(23(30)31)12-16-7-5-4-6-8-16)22(29)15(2)26-21(28)13-17-10-18(24)14-19(25)11-17/h4-8,10-11,14-15,20H,3,9,12-13H2,1-2H3,(H,26,28)(H,30,31). The average molecular weight is 432 g/mol. The summed E-state index contributed by atoms with van der Waals surface area (Å²) in [5.41, 5.74) is 0.904. The summed E-state index contributed by atoms with van der Waals surface area (Å²) >= 11 is 0. The fraction of sp³-hybridized carbons (Fsp3) is 0.348. The molecule has 2 unspecified atom stereocenters. The van der Waals surface area contributed by atoms with E-state index in [9.17, 15) is 28.3 Å². The molecule has 2 rings (SSSR count). The Morgan fingerprint density at radius 1 is 1.03 bits per heavy atom. The smallest absolute Gasteiger partial charge is 0.326 e. The third-order valence-corrected chi connectivity index (χ3v) is 4.72. The van der Waals surface area contributed by atoms with Crippen molar-refractivity contribution in [1.82, 2.24) is 10.2 Å². The predicted octanol–water partition coefficient (Wildman–Crippen LogP) is 2.95. The van der Waals surface area contributed by atoms with E-state index in [1.54, 1.807) is 24.3 Å². The van der Waals surface area contributed by atoms with Gasteiger partial charge in [-0.05, 0) is 36.6 Å². The maximum atomic E-state index is 13.3. The molecule has 0 radical (unpaired) electrons. The molecule has 0 aliphatic heterocycles. The molecule has 0 bridgehead atoms. The zero-order chi connectivity index (χ0) is 23.0. The van der Waals surface area contributed by atoms with E-state index in [1.165, 1.54) is 11.8 Å². The summed E-state index contributed by atoms with van der Waals surface area (Å²) in [6, 6.07) is 9.66. The molecule has 0 spiro atoms. The Hall–Kier alpha value is -3.29. The van der Waals surface area contributed by atoms with Gasteiger partial charge >= 0.3 is 5.97 Å². The Morgan fingerprint density at radius 3 is 2.19 bits per heavy atom. The number of carboxylic acids is 1. The summed E-state index contributed by atoms with van der Waals surface area (Å²) in [6.45, 7) is 3.48.